The third-order valence-corrected chi connectivity index (χ3v) is 4.61. The zero-order chi connectivity index (χ0) is 18.5. The molecule has 1 aromatic heterocycles. The molecule has 6 heteroatoms. The predicted octanol–water partition coefficient (Wildman–Crippen LogP) is 3.82. The highest BCUT2D eigenvalue weighted by atomic mass is 35.5. The molecule has 26 heavy (non-hydrogen) atoms. The van der Waals surface area contributed by atoms with Crippen LogP contribution >= 0.6 is 11.6 Å². The Hall–Kier alpha value is -2.24. The number of imidazole rings is 1. The monoisotopic (exact) mass is 373 g/mol. The Bertz CT molecular complexity index is 915. The average Bonchev–Trinajstić information content (AvgIpc) is 2.91. The standard InChI is InChI=1S/C20H24ClN3O2/c1-2-3-12-23-18-6-4-5-7-19(18)24(20(23)22)13-16(25)14-26-17-10-8-15(21)9-11-17/h4-11,16,22,25H,2-3,12-14H2,1H3/t16-/m0/s1. The molecule has 0 aliphatic carbocycles. The van der Waals surface area contributed by atoms with Gasteiger partial charge in [-0.25, -0.2) is 0 Å². The fourth-order valence-electron chi connectivity index (χ4n) is 3.01. The summed E-state index contributed by atoms with van der Waals surface area (Å²) in [6.07, 6.45) is 1.38. The highest BCUT2D eigenvalue weighted by molar-refractivity contribution is 6.30. The lowest BCUT2D eigenvalue weighted by atomic mass is 10.3. The van der Waals surface area contributed by atoms with Crippen LogP contribution in [0.4, 0.5) is 0 Å². The molecule has 2 aromatic carbocycles. The summed E-state index contributed by atoms with van der Waals surface area (Å²) < 4.78 is 9.48. The lowest BCUT2D eigenvalue weighted by Crippen LogP contribution is -2.31. The maximum absolute atomic E-state index is 10.4. The van der Waals surface area contributed by atoms with E-state index in [9.17, 15) is 5.11 Å². The van der Waals surface area contributed by atoms with E-state index in [-0.39, 0.29) is 6.61 Å². The lowest BCUT2D eigenvalue weighted by Gasteiger charge is -2.14. The lowest BCUT2D eigenvalue weighted by molar-refractivity contribution is 0.0921. The normalized spacial score (nSPS) is 12.4. The number of rotatable bonds is 8. The number of fused-ring (bicyclic) bond motifs is 1. The largest absolute Gasteiger partial charge is 0.491 e. The van der Waals surface area contributed by atoms with Crippen LogP contribution in [0, 0.1) is 5.41 Å². The third kappa shape index (κ3) is 4.11. The van der Waals surface area contributed by atoms with Gasteiger partial charge in [0.05, 0.1) is 17.6 Å². The van der Waals surface area contributed by atoms with E-state index in [1.807, 2.05) is 33.4 Å². The summed E-state index contributed by atoms with van der Waals surface area (Å²) in [5.41, 5.74) is 2.39. The minimum atomic E-state index is -0.717. The maximum Gasteiger partial charge on any atom is 0.203 e. The molecule has 0 aliphatic rings. The zero-order valence-electron chi connectivity index (χ0n) is 14.9. The zero-order valence-corrected chi connectivity index (χ0v) is 15.6. The molecule has 0 aliphatic heterocycles. The molecule has 0 saturated carbocycles. The van der Waals surface area contributed by atoms with Crippen LogP contribution in [0.3, 0.4) is 0 Å². The van der Waals surface area contributed by atoms with E-state index in [1.54, 1.807) is 24.3 Å². The number of halogens is 1. The van der Waals surface area contributed by atoms with Crippen LogP contribution in [0.1, 0.15) is 19.8 Å². The number of aromatic nitrogens is 2. The maximum atomic E-state index is 10.4. The average molecular weight is 374 g/mol. The Kier molecular flexibility index (Phi) is 6.01. The summed E-state index contributed by atoms with van der Waals surface area (Å²) in [6.45, 7) is 3.41. The molecule has 0 saturated heterocycles. The van der Waals surface area contributed by atoms with Crippen molar-refractivity contribution in [1.29, 1.82) is 5.41 Å². The Morgan fingerprint density at radius 1 is 1.08 bits per heavy atom. The van der Waals surface area contributed by atoms with Gasteiger partial charge in [-0.2, -0.15) is 0 Å². The second kappa shape index (κ2) is 8.43. The van der Waals surface area contributed by atoms with E-state index < -0.39 is 6.10 Å². The predicted molar refractivity (Wildman–Crippen MR) is 104 cm³/mol. The molecule has 0 radical (unpaired) electrons. The molecule has 0 amide bonds. The fourth-order valence-corrected chi connectivity index (χ4v) is 3.13. The Morgan fingerprint density at radius 3 is 2.38 bits per heavy atom. The molecule has 1 atom stereocenters. The molecule has 5 nitrogen and oxygen atoms in total. The minimum absolute atomic E-state index is 0.155. The number of aliphatic hydroxyl groups excluding tert-OH is 1. The van der Waals surface area contributed by atoms with Crippen LogP contribution in [0.15, 0.2) is 48.5 Å². The molecule has 3 aromatic rings. The molecule has 0 unspecified atom stereocenters. The number of unbranched alkanes of at least 4 members (excludes halogenated alkanes) is 1. The number of aryl methyl sites for hydroxylation is 1. The summed E-state index contributed by atoms with van der Waals surface area (Å²) in [6, 6.07) is 15.0. The van der Waals surface area contributed by atoms with Crippen molar-refractivity contribution < 1.29 is 9.84 Å². The first-order valence-corrected chi connectivity index (χ1v) is 9.27. The highest BCUT2D eigenvalue weighted by Gasteiger charge is 2.14. The van der Waals surface area contributed by atoms with Crippen molar-refractivity contribution in [2.75, 3.05) is 6.61 Å². The van der Waals surface area contributed by atoms with Crippen LogP contribution < -0.4 is 10.4 Å². The van der Waals surface area contributed by atoms with Gasteiger partial charge in [0.15, 0.2) is 0 Å². The van der Waals surface area contributed by atoms with Crippen molar-refractivity contribution in [3.05, 3.63) is 59.2 Å². The molecule has 138 valence electrons. The van der Waals surface area contributed by atoms with Crippen LogP contribution in [0.2, 0.25) is 5.02 Å². The Balaban J connectivity index is 1.76. The second-order valence-electron chi connectivity index (χ2n) is 6.35. The highest BCUT2D eigenvalue weighted by Crippen LogP contribution is 2.17. The van der Waals surface area contributed by atoms with Crippen LogP contribution in [0.5, 0.6) is 5.75 Å². The van der Waals surface area contributed by atoms with Gasteiger partial charge in [0.2, 0.25) is 5.62 Å². The molecule has 1 heterocycles. The van der Waals surface area contributed by atoms with Gasteiger partial charge in [0.1, 0.15) is 18.5 Å². The number of benzene rings is 2. The molecule has 2 N–H and O–H groups in total. The number of aliphatic hydroxyl groups is 1. The number of hydrogen-bond acceptors (Lipinski definition) is 3. The summed E-state index contributed by atoms with van der Waals surface area (Å²) in [5, 5.41) is 19.6. The van der Waals surface area contributed by atoms with Crippen molar-refractivity contribution >= 4 is 22.6 Å². The summed E-state index contributed by atoms with van der Waals surface area (Å²) in [5.74, 6) is 0.662. The van der Waals surface area contributed by atoms with Crippen molar-refractivity contribution in [2.24, 2.45) is 0 Å². The van der Waals surface area contributed by atoms with E-state index in [0.29, 0.717) is 22.9 Å². The number of para-hydroxylation sites is 2. The Labute approximate surface area is 157 Å². The molecule has 0 bridgehead atoms. The first-order chi connectivity index (χ1) is 12.6. The number of nitrogens with zero attached hydrogens (tertiary/aromatic N) is 2. The second-order valence-corrected chi connectivity index (χ2v) is 6.78. The van der Waals surface area contributed by atoms with Crippen LogP contribution in [-0.2, 0) is 13.1 Å². The number of ether oxygens (including phenoxy) is 1. The summed E-state index contributed by atoms with van der Waals surface area (Å²) in [7, 11) is 0. The van der Waals surface area contributed by atoms with Crippen molar-refractivity contribution in [3.8, 4) is 5.75 Å². The van der Waals surface area contributed by atoms with Crippen molar-refractivity contribution in [2.45, 2.75) is 39.0 Å². The van der Waals surface area contributed by atoms with Gasteiger partial charge in [-0.05, 0) is 42.8 Å². The molecule has 0 spiro atoms. The quantitative estimate of drug-likeness (QED) is 0.630. The van der Waals surface area contributed by atoms with Gasteiger partial charge in [-0.1, -0.05) is 37.1 Å². The molecule has 3 rings (SSSR count). The molecular weight excluding hydrogens is 350 g/mol. The molecular formula is C20H24ClN3O2. The third-order valence-electron chi connectivity index (χ3n) is 4.36. The number of hydrogen-bond donors (Lipinski definition) is 2. The van der Waals surface area contributed by atoms with E-state index in [4.69, 9.17) is 21.7 Å². The SMILES string of the molecule is CCCCn1c(=N)n(C[C@H](O)COc2ccc(Cl)cc2)c2ccccc21. The minimum Gasteiger partial charge on any atom is -0.491 e. The smallest absolute Gasteiger partial charge is 0.203 e. The van der Waals surface area contributed by atoms with Gasteiger partial charge in [-0.15, -0.1) is 0 Å². The fraction of sp³-hybridized carbons (Fsp3) is 0.350. The topological polar surface area (TPSA) is 63.2 Å². The number of nitrogens with one attached hydrogen (secondary N) is 1. The van der Waals surface area contributed by atoms with Gasteiger partial charge in [-0.3, -0.25) is 5.41 Å². The van der Waals surface area contributed by atoms with E-state index >= 15 is 0 Å². The summed E-state index contributed by atoms with van der Waals surface area (Å²) >= 11 is 5.86. The van der Waals surface area contributed by atoms with Crippen LogP contribution in [-0.4, -0.2) is 27.0 Å². The van der Waals surface area contributed by atoms with Crippen LogP contribution in [0.25, 0.3) is 11.0 Å². The van der Waals surface area contributed by atoms with E-state index in [1.165, 1.54) is 0 Å². The van der Waals surface area contributed by atoms with Gasteiger partial charge >= 0.3 is 0 Å². The summed E-state index contributed by atoms with van der Waals surface area (Å²) in [4.78, 5) is 0. The first-order valence-electron chi connectivity index (χ1n) is 8.89. The first kappa shape index (κ1) is 18.5. The molecule has 0 fully saturated rings. The Morgan fingerprint density at radius 2 is 1.73 bits per heavy atom. The van der Waals surface area contributed by atoms with Gasteiger partial charge in [0.25, 0.3) is 0 Å². The van der Waals surface area contributed by atoms with Gasteiger partial charge in [0, 0.05) is 11.6 Å². The van der Waals surface area contributed by atoms with E-state index in [0.717, 1.165) is 30.4 Å². The van der Waals surface area contributed by atoms with E-state index in [2.05, 4.69) is 6.92 Å². The van der Waals surface area contributed by atoms with Crippen molar-refractivity contribution in [1.82, 2.24) is 9.13 Å². The van der Waals surface area contributed by atoms with Gasteiger partial charge < -0.3 is 19.0 Å². The van der Waals surface area contributed by atoms with Crippen molar-refractivity contribution in [3.63, 3.8) is 0 Å².